The molecular formula is C21H22FN7. The summed E-state index contributed by atoms with van der Waals surface area (Å²) in [5.74, 6) is 0.994. The molecule has 0 spiro atoms. The number of hydrogen-bond acceptors (Lipinski definition) is 6. The van der Waals surface area contributed by atoms with Crippen molar-refractivity contribution in [2.75, 3.05) is 11.1 Å². The Labute approximate surface area is 167 Å². The number of aromatic nitrogens is 5. The van der Waals surface area contributed by atoms with Crippen molar-refractivity contribution in [3.8, 4) is 11.3 Å². The van der Waals surface area contributed by atoms with Gasteiger partial charge in [-0.15, -0.1) is 5.10 Å². The summed E-state index contributed by atoms with van der Waals surface area (Å²) in [6, 6.07) is 10.1. The number of nitrogens with one attached hydrogen (secondary N) is 1. The lowest BCUT2D eigenvalue weighted by Crippen LogP contribution is -2.17. The second-order valence-electron chi connectivity index (χ2n) is 7.30. The highest BCUT2D eigenvalue weighted by Crippen LogP contribution is 2.31. The Kier molecular flexibility index (Phi) is 4.84. The summed E-state index contributed by atoms with van der Waals surface area (Å²) in [6.07, 6.45) is 3.31. The summed E-state index contributed by atoms with van der Waals surface area (Å²) < 4.78 is 15.0. The van der Waals surface area contributed by atoms with E-state index in [2.05, 4.69) is 39.2 Å². The van der Waals surface area contributed by atoms with Crippen molar-refractivity contribution < 1.29 is 4.39 Å². The van der Waals surface area contributed by atoms with E-state index in [1.807, 2.05) is 25.3 Å². The molecule has 0 aliphatic carbocycles. The molecule has 1 atom stereocenters. The second-order valence-corrected chi connectivity index (χ2v) is 7.30. The van der Waals surface area contributed by atoms with Crippen LogP contribution in [0, 0.1) is 18.7 Å². The summed E-state index contributed by atoms with van der Waals surface area (Å²) in [5.41, 5.74) is 9.94. The second kappa shape index (κ2) is 7.46. The van der Waals surface area contributed by atoms with Crippen molar-refractivity contribution >= 4 is 17.3 Å². The largest absolute Gasteiger partial charge is 0.382 e. The molecule has 0 aliphatic heterocycles. The van der Waals surface area contributed by atoms with Crippen LogP contribution in [0.25, 0.3) is 16.9 Å². The summed E-state index contributed by atoms with van der Waals surface area (Å²) in [6.45, 7) is 6.11. The minimum absolute atomic E-state index is 0.0417. The number of anilines is 2. The van der Waals surface area contributed by atoms with Crippen molar-refractivity contribution in [1.29, 1.82) is 0 Å². The van der Waals surface area contributed by atoms with E-state index >= 15 is 0 Å². The monoisotopic (exact) mass is 391 g/mol. The molecule has 0 bridgehead atoms. The zero-order valence-corrected chi connectivity index (χ0v) is 16.5. The van der Waals surface area contributed by atoms with Gasteiger partial charge >= 0.3 is 0 Å². The number of rotatable bonds is 5. The Bertz CT molecular complexity index is 1150. The Morgan fingerprint density at radius 3 is 2.59 bits per heavy atom. The number of aryl methyl sites for hydroxylation is 1. The predicted molar refractivity (Wildman–Crippen MR) is 111 cm³/mol. The first kappa shape index (κ1) is 18.8. The summed E-state index contributed by atoms with van der Waals surface area (Å²) >= 11 is 0. The number of nitrogen functional groups attached to an aromatic ring is 1. The number of benzene rings is 1. The highest BCUT2D eigenvalue weighted by Gasteiger charge is 2.19. The van der Waals surface area contributed by atoms with Crippen molar-refractivity contribution in [2.24, 2.45) is 5.92 Å². The first-order chi connectivity index (χ1) is 13.9. The Morgan fingerprint density at radius 1 is 1.10 bits per heavy atom. The van der Waals surface area contributed by atoms with Crippen LogP contribution in [-0.4, -0.2) is 24.6 Å². The summed E-state index contributed by atoms with van der Waals surface area (Å²) in [5, 5.41) is 7.75. The number of nitrogens with two attached hydrogens (primary N) is 1. The molecule has 0 fully saturated rings. The van der Waals surface area contributed by atoms with Gasteiger partial charge in [-0.1, -0.05) is 26.0 Å². The first-order valence-electron chi connectivity index (χ1n) is 9.38. The minimum Gasteiger partial charge on any atom is -0.382 e. The van der Waals surface area contributed by atoms with Crippen LogP contribution in [-0.2, 0) is 0 Å². The first-order valence-corrected chi connectivity index (χ1v) is 9.38. The van der Waals surface area contributed by atoms with Gasteiger partial charge in [-0.25, -0.2) is 23.9 Å². The van der Waals surface area contributed by atoms with Gasteiger partial charge in [0.25, 0.3) is 0 Å². The van der Waals surface area contributed by atoms with Crippen LogP contribution >= 0.6 is 0 Å². The molecule has 8 heteroatoms. The third-order valence-corrected chi connectivity index (χ3v) is 4.77. The molecule has 4 rings (SSSR count). The molecule has 29 heavy (non-hydrogen) atoms. The third-order valence-electron chi connectivity index (χ3n) is 4.77. The maximum Gasteiger partial charge on any atom is 0.166 e. The Morgan fingerprint density at radius 2 is 1.86 bits per heavy atom. The molecule has 148 valence electrons. The lowest BCUT2D eigenvalue weighted by Gasteiger charge is -2.23. The van der Waals surface area contributed by atoms with Crippen molar-refractivity contribution in [1.82, 2.24) is 24.6 Å². The maximum absolute atomic E-state index is 13.3. The number of halogens is 1. The standard InChI is InChI=1S/C21H22FN7/c1-12(2)19(14-4-6-15(22)7-5-14)27-17-10-16(24-11-25-17)18-20(23)28-29-9-8-13(3)26-21(18)29/h4-12,19H,1-3H3,(H2,23,28)(H,24,25,27)/t19-/m0/s1. The van der Waals surface area contributed by atoms with Crippen LogP contribution < -0.4 is 11.1 Å². The van der Waals surface area contributed by atoms with Gasteiger partial charge < -0.3 is 11.1 Å². The molecule has 0 saturated heterocycles. The molecule has 0 saturated carbocycles. The van der Waals surface area contributed by atoms with E-state index in [4.69, 9.17) is 5.73 Å². The Hall–Kier alpha value is -3.55. The normalized spacial score (nSPS) is 12.4. The van der Waals surface area contributed by atoms with Gasteiger partial charge in [-0.05, 0) is 36.6 Å². The fourth-order valence-electron chi connectivity index (χ4n) is 3.32. The molecule has 3 aromatic heterocycles. The van der Waals surface area contributed by atoms with Crippen LogP contribution in [0.3, 0.4) is 0 Å². The van der Waals surface area contributed by atoms with Crippen molar-refractivity contribution in [2.45, 2.75) is 26.8 Å². The van der Waals surface area contributed by atoms with Gasteiger partial charge in [-0.3, -0.25) is 0 Å². The third kappa shape index (κ3) is 3.73. The molecule has 4 aromatic rings. The molecule has 1 aromatic carbocycles. The van der Waals surface area contributed by atoms with Gasteiger partial charge in [-0.2, -0.15) is 0 Å². The fraction of sp³-hybridized carbons (Fsp3) is 0.238. The smallest absolute Gasteiger partial charge is 0.166 e. The van der Waals surface area contributed by atoms with Gasteiger partial charge in [0.1, 0.15) is 18.0 Å². The molecule has 0 radical (unpaired) electrons. The highest BCUT2D eigenvalue weighted by atomic mass is 19.1. The number of nitrogens with zero attached hydrogens (tertiary/aromatic N) is 5. The molecular weight excluding hydrogens is 369 g/mol. The quantitative estimate of drug-likeness (QED) is 0.534. The van der Waals surface area contributed by atoms with Crippen LogP contribution in [0.2, 0.25) is 0 Å². The molecule has 3 heterocycles. The van der Waals surface area contributed by atoms with Gasteiger partial charge in [0.05, 0.1) is 17.3 Å². The van der Waals surface area contributed by atoms with Crippen LogP contribution in [0.5, 0.6) is 0 Å². The molecule has 7 nitrogen and oxygen atoms in total. The van der Waals surface area contributed by atoms with E-state index in [0.717, 1.165) is 11.3 Å². The van der Waals surface area contributed by atoms with Crippen LogP contribution in [0.4, 0.5) is 16.0 Å². The van der Waals surface area contributed by atoms with Gasteiger partial charge in [0.2, 0.25) is 0 Å². The highest BCUT2D eigenvalue weighted by molar-refractivity contribution is 5.85. The minimum atomic E-state index is -0.257. The fourth-order valence-corrected chi connectivity index (χ4v) is 3.32. The SMILES string of the molecule is Cc1ccn2nc(N)c(-c3cc(N[C@H](c4ccc(F)cc4)C(C)C)ncn3)c2n1. The average molecular weight is 391 g/mol. The summed E-state index contributed by atoms with van der Waals surface area (Å²) in [4.78, 5) is 13.3. The van der Waals surface area contributed by atoms with Gasteiger partial charge in [0, 0.05) is 18.0 Å². The van der Waals surface area contributed by atoms with E-state index in [1.54, 1.807) is 16.6 Å². The molecule has 0 unspecified atom stereocenters. The van der Waals surface area contributed by atoms with Gasteiger partial charge in [0.15, 0.2) is 11.5 Å². The number of hydrogen-bond donors (Lipinski definition) is 2. The van der Waals surface area contributed by atoms with E-state index in [1.165, 1.54) is 18.5 Å². The summed E-state index contributed by atoms with van der Waals surface area (Å²) in [7, 11) is 0. The lowest BCUT2D eigenvalue weighted by molar-refractivity contribution is 0.542. The number of fused-ring (bicyclic) bond motifs is 1. The molecule has 0 aliphatic rings. The van der Waals surface area contributed by atoms with E-state index in [-0.39, 0.29) is 17.8 Å². The topological polar surface area (TPSA) is 94.0 Å². The average Bonchev–Trinajstić information content (AvgIpc) is 3.02. The van der Waals surface area contributed by atoms with Crippen molar-refractivity contribution in [3.05, 3.63) is 66.0 Å². The molecule has 0 amide bonds. The van der Waals surface area contributed by atoms with Crippen molar-refractivity contribution in [3.63, 3.8) is 0 Å². The zero-order chi connectivity index (χ0) is 20.5. The van der Waals surface area contributed by atoms with E-state index < -0.39 is 0 Å². The predicted octanol–water partition coefficient (Wildman–Crippen LogP) is 4.03. The zero-order valence-electron chi connectivity index (χ0n) is 16.5. The maximum atomic E-state index is 13.3. The van der Waals surface area contributed by atoms with Crippen LogP contribution in [0.15, 0.2) is 48.9 Å². The lowest BCUT2D eigenvalue weighted by atomic mass is 9.96. The molecule has 3 N–H and O–H groups in total. The van der Waals surface area contributed by atoms with Crippen LogP contribution in [0.1, 0.15) is 31.1 Å². The Balaban J connectivity index is 1.71. The van der Waals surface area contributed by atoms with E-state index in [0.29, 0.717) is 28.5 Å². The van der Waals surface area contributed by atoms with E-state index in [9.17, 15) is 4.39 Å².